The fourth-order valence-electron chi connectivity index (χ4n) is 2.47. The molecule has 1 amide bonds. The molecule has 0 radical (unpaired) electrons. The Bertz CT molecular complexity index is 820. The highest BCUT2D eigenvalue weighted by Crippen LogP contribution is 2.25. The first-order chi connectivity index (χ1) is 10.9. The number of nitrogens with one attached hydrogen (secondary N) is 1. The number of aromatic nitrogens is 1. The van der Waals surface area contributed by atoms with E-state index in [2.05, 4.69) is 4.98 Å². The minimum atomic E-state index is -3.47. The van der Waals surface area contributed by atoms with Crippen molar-refractivity contribution in [3.8, 4) is 0 Å². The summed E-state index contributed by atoms with van der Waals surface area (Å²) in [4.78, 5) is 17.7. The van der Waals surface area contributed by atoms with Crippen LogP contribution in [-0.4, -0.2) is 54.7 Å². The lowest BCUT2D eigenvalue weighted by atomic mass is 10.3. The summed E-state index contributed by atoms with van der Waals surface area (Å²) in [6.07, 6.45) is 1.55. The van der Waals surface area contributed by atoms with Crippen LogP contribution in [0.4, 0.5) is 0 Å². The lowest BCUT2D eigenvalue weighted by molar-refractivity contribution is 0.0693. The molecule has 0 aromatic carbocycles. The van der Waals surface area contributed by atoms with Crippen molar-refractivity contribution in [2.45, 2.75) is 11.1 Å². The van der Waals surface area contributed by atoms with Gasteiger partial charge in [-0.3, -0.25) is 4.79 Å². The van der Waals surface area contributed by atoms with Crippen LogP contribution in [0.1, 0.15) is 15.4 Å². The first kappa shape index (κ1) is 16.5. The standard InChI is InChI=1S/C14H16ClN3O3S2/c1-10-2-3-13(22-10)23(20,21)18-6-4-17(5-7-18)14(19)12-8-11(15)9-16-12/h2-3,8-9,16H,4-7H2,1H3. The highest BCUT2D eigenvalue weighted by Gasteiger charge is 2.31. The van der Waals surface area contributed by atoms with Gasteiger partial charge < -0.3 is 9.88 Å². The van der Waals surface area contributed by atoms with Crippen LogP contribution in [0.5, 0.6) is 0 Å². The third kappa shape index (κ3) is 3.30. The van der Waals surface area contributed by atoms with E-state index in [4.69, 9.17) is 11.6 Å². The van der Waals surface area contributed by atoms with E-state index in [1.807, 2.05) is 6.92 Å². The Morgan fingerprint density at radius 3 is 2.48 bits per heavy atom. The van der Waals surface area contributed by atoms with Crippen LogP contribution in [0.3, 0.4) is 0 Å². The van der Waals surface area contributed by atoms with Crippen LogP contribution < -0.4 is 0 Å². The van der Waals surface area contributed by atoms with E-state index in [1.165, 1.54) is 15.6 Å². The summed E-state index contributed by atoms with van der Waals surface area (Å²) >= 11 is 7.07. The molecule has 3 rings (SSSR count). The maximum absolute atomic E-state index is 12.6. The van der Waals surface area contributed by atoms with Crippen molar-refractivity contribution >= 4 is 38.9 Å². The number of sulfonamides is 1. The Hall–Kier alpha value is -1.35. The van der Waals surface area contributed by atoms with Crippen molar-refractivity contribution in [2.75, 3.05) is 26.2 Å². The predicted octanol–water partition coefficient (Wildman–Crippen LogP) is 2.18. The second-order valence-corrected chi connectivity index (χ2v) is 9.18. The SMILES string of the molecule is Cc1ccc(S(=O)(=O)N2CCN(C(=O)c3cc(Cl)c[nH]3)CC2)s1. The minimum absolute atomic E-state index is 0.166. The Balaban J connectivity index is 1.67. The molecule has 6 nitrogen and oxygen atoms in total. The summed E-state index contributed by atoms with van der Waals surface area (Å²) < 4.78 is 26.9. The zero-order valence-electron chi connectivity index (χ0n) is 12.5. The fourth-order valence-corrected chi connectivity index (χ4v) is 5.49. The van der Waals surface area contributed by atoms with Gasteiger partial charge in [-0.15, -0.1) is 11.3 Å². The number of amides is 1. The summed E-state index contributed by atoms with van der Waals surface area (Å²) in [7, 11) is -3.47. The Kier molecular flexibility index (Phi) is 4.50. The van der Waals surface area contributed by atoms with E-state index < -0.39 is 10.0 Å². The molecule has 1 N–H and O–H groups in total. The van der Waals surface area contributed by atoms with Gasteiger partial charge in [0, 0.05) is 37.3 Å². The van der Waals surface area contributed by atoms with Crippen molar-refractivity contribution in [2.24, 2.45) is 0 Å². The lowest BCUT2D eigenvalue weighted by Gasteiger charge is -2.33. The molecule has 23 heavy (non-hydrogen) atoms. The molecule has 1 aliphatic rings. The maximum atomic E-state index is 12.6. The second kappa shape index (κ2) is 6.27. The minimum Gasteiger partial charge on any atom is -0.356 e. The van der Waals surface area contributed by atoms with Crippen LogP contribution >= 0.6 is 22.9 Å². The van der Waals surface area contributed by atoms with Gasteiger partial charge in [0.2, 0.25) is 0 Å². The van der Waals surface area contributed by atoms with Gasteiger partial charge in [-0.2, -0.15) is 4.31 Å². The second-order valence-electron chi connectivity index (χ2n) is 5.29. The molecule has 2 aromatic heterocycles. The molecule has 0 spiro atoms. The first-order valence-corrected chi connectivity index (χ1v) is 9.71. The summed E-state index contributed by atoms with van der Waals surface area (Å²) in [5.41, 5.74) is 0.417. The third-order valence-corrected chi connectivity index (χ3v) is 7.30. The number of hydrogen-bond acceptors (Lipinski definition) is 4. The summed E-state index contributed by atoms with van der Waals surface area (Å²) in [6.45, 7) is 3.18. The van der Waals surface area contributed by atoms with E-state index in [-0.39, 0.29) is 5.91 Å². The highest BCUT2D eigenvalue weighted by atomic mass is 35.5. The summed E-state index contributed by atoms with van der Waals surface area (Å²) in [6, 6.07) is 5.00. The van der Waals surface area contributed by atoms with Gasteiger partial charge >= 0.3 is 0 Å². The Morgan fingerprint density at radius 1 is 1.26 bits per heavy atom. The zero-order chi connectivity index (χ0) is 16.6. The van der Waals surface area contributed by atoms with Gasteiger partial charge in [-0.1, -0.05) is 11.6 Å². The quantitative estimate of drug-likeness (QED) is 0.896. The van der Waals surface area contributed by atoms with E-state index in [1.54, 1.807) is 29.3 Å². The molecule has 0 saturated carbocycles. The number of halogens is 1. The molecular weight excluding hydrogens is 358 g/mol. The molecule has 2 aromatic rings. The molecule has 1 saturated heterocycles. The zero-order valence-corrected chi connectivity index (χ0v) is 14.8. The molecule has 124 valence electrons. The molecular formula is C14H16ClN3O3S2. The van der Waals surface area contributed by atoms with Crippen LogP contribution in [0.2, 0.25) is 5.02 Å². The van der Waals surface area contributed by atoms with Crippen molar-refractivity contribution in [3.05, 3.63) is 40.0 Å². The molecule has 1 aliphatic heterocycles. The topological polar surface area (TPSA) is 73.5 Å². The van der Waals surface area contributed by atoms with Crippen LogP contribution in [0, 0.1) is 6.92 Å². The van der Waals surface area contributed by atoms with Crippen molar-refractivity contribution in [1.82, 2.24) is 14.2 Å². The molecule has 0 atom stereocenters. The molecule has 0 unspecified atom stereocenters. The lowest BCUT2D eigenvalue weighted by Crippen LogP contribution is -2.50. The maximum Gasteiger partial charge on any atom is 0.270 e. The number of nitrogens with zero attached hydrogens (tertiary/aromatic N) is 2. The summed E-state index contributed by atoms with van der Waals surface area (Å²) in [5, 5.41) is 0.475. The van der Waals surface area contributed by atoms with Crippen LogP contribution in [-0.2, 0) is 10.0 Å². The molecule has 0 aliphatic carbocycles. The van der Waals surface area contributed by atoms with E-state index in [9.17, 15) is 13.2 Å². The Labute approximate surface area is 143 Å². The number of thiophene rings is 1. The van der Waals surface area contributed by atoms with Gasteiger partial charge in [0.25, 0.3) is 15.9 Å². The molecule has 0 bridgehead atoms. The number of carbonyl (C=O) groups is 1. The molecule has 3 heterocycles. The van der Waals surface area contributed by atoms with E-state index in [0.29, 0.717) is 41.1 Å². The number of hydrogen-bond donors (Lipinski definition) is 1. The number of rotatable bonds is 3. The van der Waals surface area contributed by atoms with E-state index in [0.717, 1.165) is 4.88 Å². The number of aryl methyl sites for hydroxylation is 1. The first-order valence-electron chi connectivity index (χ1n) is 7.08. The number of aromatic amines is 1. The average Bonchev–Trinajstić information content (AvgIpc) is 3.15. The van der Waals surface area contributed by atoms with Crippen molar-refractivity contribution < 1.29 is 13.2 Å². The number of piperazine rings is 1. The van der Waals surface area contributed by atoms with Gasteiger partial charge in [0.15, 0.2) is 0 Å². The Morgan fingerprint density at radius 2 is 1.96 bits per heavy atom. The van der Waals surface area contributed by atoms with E-state index >= 15 is 0 Å². The largest absolute Gasteiger partial charge is 0.356 e. The number of carbonyl (C=O) groups excluding carboxylic acids is 1. The van der Waals surface area contributed by atoms with Crippen LogP contribution in [0.15, 0.2) is 28.6 Å². The monoisotopic (exact) mass is 373 g/mol. The van der Waals surface area contributed by atoms with Crippen molar-refractivity contribution in [3.63, 3.8) is 0 Å². The van der Waals surface area contributed by atoms with Gasteiger partial charge in [0.05, 0.1) is 5.02 Å². The van der Waals surface area contributed by atoms with Gasteiger partial charge in [-0.25, -0.2) is 8.42 Å². The van der Waals surface area contributed by atoms with Crippen molar-refractivity contribution in [1.29, 1.82) is 0 Å². The fraction of sp³-hybridized carbons (Fsp3) is 0.357. The van der Waals surface area contributed by atoms with Gasteiger partial charge in [-0.05, 0) is 25.1 Å². The predicted molar refractivity (Wildman–Crippen MR) is 89.5 cm³/mol. The average molecular weight is 374 g/mol. The van der Waals surface area contributed by atoms with Crippen LogP contribution in [0.25, 0.3) is 0 Å². The smallest absolute Gasteiger partial charge is 0.270 e. The van der Waals surface area contributed by atoms with Gasteiger partial charge in [0.1, 0.15) is 9.90 Å². The number of H-pyrrole nitrogens is 1. The third-order valence-electron chi connectivity index (χ3n) is 3.71. The molecule has 1 fully saturated rings. The summed E-state index contributed by atoms with van der Waals surface area (Å²) in [5.74, 6) is -0.166. The highest BCUT2D eigenvalue weighted by molar-refractivity contribution is 7.91. The normalized spacial score (nSPS) is 16.7. The molecule has 9 heteroatoms.